The first kappa shape index (κ1) is 13.9. The molecule has 2 aromatic carbocycles. The number of amidine groups is 1. The van der Waals surface area contributed by atoms with Gasteiger partial charge in [0.15, 0.2) is 0 Å². The van der Waals surface area contributed by atoms with E-state index in [-0.39, 0.29) is 5.84 Å². The molecule has 0 heterocycles. The van der Waals surface area contributed by atoms with Crippen LogP contribution in [-0.2, 0) is 6.61 Å². The number of hydrogen-bond acceptors (Lipinski definition) is 2. The molecule has 0 amide bonds. The second kappa shape index (κ2) is 6.08. The molecule has 0 aliphatic heterocycles. The van der Waals surface area contributed by atoms with E-state index in [1.807, 2.05) is 24.3 Å². The normalized spacial score (nSPS) is 10.2. The van der Waals surface area contributed by atoms with Crippen LogP contribution in [-0.4, -0.2) is 5.84 Å². The monoisotopic (exact) mass is 338 g/mol. The molecule has 0 atom stereocenters. The summed E-state index contributed by atoms with van der Waals surface area (Å²) < 4.78 is 6.71. The Bertz CT molecular complexity index is 599. The van der Waals surface area contributed by atoms with Crippen molar-refractivity contribution in [2.24, 2.45) is 5.73 Å². The molecule has 5 heteroatoms. The van der Waals surface area contributed by atoms with Crippen LogP contribution >= 0.6 is 27.5 Å². The Morgan fingerprint density at radius 3 is 2.53 bits per heavy atom. The summed E-state index contributed by atoms with van der Waals surface area (Å²) in [6.45, 7) is 0.412. The number of rotatable bonds is 4. The van der Waals surface area contributed by atoms with Gasteiger partial charge in [-0.3, -0.25) is 5.41 Å². The van der Waals surface area contributed by atoms with E-state index in [9.17, 15) is 0 Å². The Labute approximate surface area is 125 Å². The van der Waals surface area contributed by atoms with Gasteiger partial charge < -0.3 is 10.5 Å². The molecule has 0 aliphatic rings. The summed E-state index contributed by atoms with van der Waals surface area (Å²) in [4.78, 5) is 0. The quantitative estimate of drug-likeness (QED) is 0.654. The third-order valence-corrected chi connectivity index (χ3v) is 3.30. The summed E-state index contributed by atoms with van der Waals surface area (Å²) in [5, 5.41) is 8.05. The topological polar surface area (TPSA) is 59.1 Å². The molecule has 3 N–H and O–H groups in total. The first-order chi connectivity index (χ1) is 9.06. The van der Waals surface area contributed by atoms with E-state index >= 15 is 0 Å². The number of hydrogen-bond donors (Lipinski definition) is 2. The highest BCUT2D eigenvalue weighted by molar-refractivity contribution is 9.10. The molecule has 2 aromatic rings. The molecule has 0 saturated carbocycles. The maximum absolute atomic E-state index is 7.52. The van der Waals surface area contributed by atoms with Crippen LogP contribution < -0.4 is 10.5 Å². The molecule has 98 valence electrons. The number of nitrogens with two attached hydrogens (primary N) is 1. The van der Waals surface area contributed by atoms with Crippen molar-refractivity contribution in [1.29, 1.82) is 5.41 Å². The zero-order chi connectivity index (χ0) is 13.8. The fourth-order valence-corrected chi connectivity index (χ4v) is 2.02. The zero-order valence-electron chi connectivity index (χ0n) is 9.99. The van der Waals surface area contributed by atoms with Crippen LogP contribution in [0.1, 0.15) is 11.1 Å². The van der Waals surface area contributed by atoms with E-state index in [0.717, 1.165) is 10.0 Å². The van der Waals surface area contributed by atoms with Gasteiger partial charge in [0.05, 0.1) is 5.56 Å². The summed E-state index contributed by atoms with van der Waals surface area (Å²) in [5.74, 6) is 0.494. The summed E-state index contributed by atoms with van der Waals surface area (Å²) in [6.07, 6.45) is 0. The molecule has 0 unspecified atom stereocenters. The van der Waals surface area contributed by atoms with E-state index < -0.39 is 0 Å². The highest BCUT2D eigenvalue weighted by Crippen LogP contribution is 2.23. The lowest BCUT2D eigenvalue weighted by atomic mass is 10.2. The lowest BCUT2D eigenvalue weighted by Crippen LogP contribution is -2.13. The van der Waals surface area contributed by atoms with Crippen molar-refractivity contribution in [3.8, 4) is 5.75 Å². The number of nitrogen functional groups attached to an aromatic ring is 1. The van der Waals surface area contributed by atoms with E-state index in [1.165, 1.54) is 0 Å². The van der Waals surface area contributed by atoms with Crippen molar-refractivity contribution >= 4 is 33.4 Å². The minimum absolute atomic E-state index is 0.0618. The summed E-state index contributed by atoms with van der Waals surface area (Å²) in [6, 6.07) is 12.9. The molecule has 0 saturated heterocycles. The molecule has 19 heavy (non-hydrogen) atoms. The van der Waals surface area contributed by atoms with Gasteiger partial charge in [-0.1, -0.05) is 39.7 Å². The first-order valence-electron chi connectivity index (χ1n) is 5.57. The lowest BCUT2D eigenvalue weighted by Gasteiger charge is -2.11. The van der Waals surface area contributed by atoms with Crippen molar-refractivity contribution < 1.29 is 4.74 Å². The Kier molecular flexibility index (Phi) is 4.45. The molecule has 2 rings (SSSR count). The SMILES string of the molecule is N=C(N)c1cc(Cl)ccc1OCc1ccc(Br)cc1. The standard InChI is InChI=1S/C14H12BrClN2O/c15-10-3-1-9(2-4-10)8-19-13-6-5-11(16)7-12(13)14(17)18/h1-7H,8H2,(H3,17,18). The van der Waals surface area contributed by atoms with Gasteiger partial charge in [-0.25, -0.2) is 0 Å². The predicted octanol–water partition coefficient (Wildman–Crippen LogP) is 3.97. The Hall–Kier alpha value is -1.52. The predicted molar refractivity (Wildman–Crippen MR) is 80.9 cm³/mol. The fourth-order valence-electron chi connectivity index (χ4n) is 1.58. The number of nitrogens with one attached hydrogen (secondary N) is 1. The van der Waals surface area contributed by atoms with E-state index in [1.54, 1.807) is 18.2 Å². The molecule has 0 fully saturated rings. The van der Waals surface area contributed by atoms with Crippen LogP contribution in [0.3, 0.4) is 0 Å². The van der Waals surface area contributed by atoms with E-state index in [4.69, 9.17) is 27.5 Å². The van der Waals surface area contributed by atoms with Gasteiger partial charge in [-0.15, -0.1) is 0 Å². The maximum Gasteiger partial charge on any atom is 0.130 e. The highest BCUT2D eigenvalue weighted by Gasteiger charge is 2.07. The van der Waals surface area contributed by atoms with Crippen LogP contribution in [0.15, 0.2) is 46.9 Å². The van der Waals surface area contributed by atoms with Crippen molar-refractivity contribution in [3.05, 3.63) is 63.1 Å². The van der Waals surface area contributed by atoms with Crippen LogP contribution in [0.2, 0.25) is 5.02 Å². The summed E-state index contributed by atoms with van der Waals surface area (Å²) >= 11 is 9.26. The Balaban J connectivity index is 2.15. The third kappa shape index (κ3) is 3.72. The van der Waals surface area contributed by atoms with E-state index in [2.05, 4.69) is 15.9 Å². The molecule has 0 aliphatic carbocycles. The Morgan fingerprint density at radius 1 is 1.21 bits per heavy atom. The third-order valence-electron chi connectivity index (χ3n) is 2.54. The number of benzene rings is 2. The Morgan fingerprint density at radius 2 is 1.89 bits per heavy atom. The lowest BCUT2D eigenvalue weighted by molar-refractivity contribution is 0.305. The molecule has 3 nitrogen and oxygen atoms in total. The van der Waals surface area contributed by atoms with Gasteiger partial charge in [-0.2, -0.15) is 0 Å². The minimum Gasteiger partial charge on any atom is -0.488 e. The molecular weight excluding hydrogens is 328 g/mol. The number of ether oxygens (including phenoxy) is 1. The van der Waals surface area contributed by atoms with Gasteiger partial charge in [0, 0.05) is 9.50 Å². The average Bonchev–Trinajstić information content (AvgIpc) is 2.39. The zero-order valence-corrected chi connectivity index (χ0v) is 12.3. The van der Waals surface area contributed by atoms with Crippen LogP contribution in [0.5, 0.6) is 5.75 Å². The van der Waals surface area contributed by atoms with Gasteiger partial charge in [0.25, 0.3) is 0 Å². The van der Waals surface area contributed by atoms with Crippen LogP contribution in [0, 0.1) is 5.41 Å². The van der Waals surface area contributed by atoms with Gasteiger partial charge in [0.2, 0.25) is 0 Å². The highest BCUT2D eigenvalue weighted by atomic mass is 79.9. The van der Waals surface area contributed by atoms with Crippen LogP contribution in [0.25, 0.3) is 0 Å². The maximum atomic E-state index is 7.52. The van der Waals surface area contributed by atoms with Crippen molar-refractivity contribution in [2.75, 3.05) is 0 Å². The van der Waals surface area contributed by atoms with Gasteiger partial charge >= 0.3 is 0 Å². The molecule has 0 bridgehead atoms. The summed E-state index contributed by atoms with van der Waals surface area (Å²) in [7, 11) is 0. The van der Waals surface area contributed by atoms with Crippen molar-refractivity contribution in [2.45, 2.75) is 6.61 Å². The van der Waals surface area contributed by atoms with Gasteiger partial charge in [-0.05, 0) is 35.9 Å². The van der Waals surface area contributed by atoms with Crippen LogP contribution in [0.4, 0.5) is 0 Å². The average molecular weight is 340 g/mol. The van der Waals surface area contributed by atoms with Gasteiger partial charge in [0.1, 0.15) is 18.2 Å². The second-order valence-electron chi connectivity index (χ2n) is 3.97. The smallest absolute Gasteiger partial charge is 0.130 e. The molecular formula is C14H12BrClN2O. The largest absolute Gasteiger partial charge is 0.488 e. The number of halogens is 2. The molecule has 0 aromatic heterocycles. The molecule has 0 radical (unpaired) electrons. The minimum atomic E-state index is -0.0618. The first-order valence-corrected chi connectivity index (χ1v) is 6.74. The fraction of sp³-hybridized carbons (Fsp3) is 0.0714. The van der Waals surface area contributed by atoms with E-state index in [0.29, 0.717) is 22.9 Å². The second-order valence-corrected chi connectivity index (χ2v) is 5.32. The summed E-state index contributed by atoms with van der Waals surface area (Å²) in [5.41, 5.74) is 7.05. The van der Waals surface area contributed by atoms with Crippen molar-refractivity contribution in [3.63, 3.8) is 0 Å². The van der Waals surface area contributed by atoms with Crippen molar-refractivity contribution in [1.82, 2.24) is 0 Å². The molecule has 0 spiro atoms.